The standard InChI is InChI=1S/C39H43F3N4O8/c1-3-53-37(48)27-13-19-44(20-14-27)36(47)28-9-12-34(35(21-28)52-2)54-30-15-17-43(18-16-30)25-38(49,39(40,41)42)32-24-45(23-26-7-5-4-6-8-26)33-22-29(46(50)51)10-11-31(32)33/h4-12,21-22,24,27,30,49H,3,13-20,23,25H2,1-2H3. The Kier molecular flexibility index (Phi) is 11.5. The SMILES string of the molecule is CCOC(=O)C1CCN(C(=O)c2ccc(OC3CCN(CC(O)(c4cn(Cc5ccccc5)c5cc([N+](=O)[O-])ccc45)C(F)(F)F)CC3)c(OC)c2)CC1. The summed E-state index contributed by atoms with van der Waals surface area (Å²) in [4.78, 5) is 39.6. The maximum Gasteiger partial charge on any atom is 0.422 e. The van der Waals surface area contributed by atoms with Gasteiger partial charge in [0.15, 0.2) is 11.5 Å². The Labute approximate surface area is 310 Å². The number of likely N-dealkylation sites (tertiary alicyclic amines) is 2. The monoisotopic (exact) mass is 752 g/mol. The summed E-state index contributed by atoms with van der Waals surface area (Å²) in [6.45, 7) is 2.69. The van der Waals surface area contributed by atoms with E-state index in [0.29, 0.717) is 62.4 Å². The normalized spacial score (nSPS) is 17.3. The second kappa shape index (κ2) is 16.1. The number of nitro benzene ring substituents is 1. The van der Waals surface area contributed by atoms with E-state index in [9.17, 15) is 38.0 Å². The maximum absolute atomic E-state index is 15.0. The molecule has 2 saturated heterocycles. The van der Waals surface area contributed by atoms with Gasteiger partial charge in [-0.2, -0.15) is 13.2 Å². The molecule has 1 atom stereocenters. The molecule has 4 aromatic rings. The number of amides is 1. The summed E-state index contributed by atoms with van der Waals surface area (Å²) < 4.78 is 63.3. The molecule has 1 aromatic heterocycles. The number of benzene rings is 3. The molecule has 15 heteroatoms. The van der Waals surface area contributed by atoms with Crippen LogP contribution in [0.1, 0.15) is 54.1 Å². The van der Waals surface area contributed by atoms with Gasteiger partial charge in [-0.15, -0.1) is 0 Å². The van der Waals surface area contributed by atoms with Gasteiger partial charge in [-0.25, -0.2) is 0 Å². The molecule has 2 fully saturated rings. The van der Waals surface area contributed by atoms with E-state index in [1.165, 1.54) is 30.0 Å². The number of nitrogens with zero attached hydrogens (tertiary/aromatic N) is 4. The zero-order valence-electron chi connectivity index (χ0n) is 30.1. The Balaban J connectivity index is 1.13. The summed E-state index contributed by atoms with van der Waals surface area (Å²) in [7, 11) is 1.46. The minimum absolute atomic E-state index is 0.0738. The van der Waals surface area contributed by atoms with Crippen LogP contribution in [0.4, 0.5) is 18.9 Å². The minimum Gasteiger partial charge on any atom is -0.493 e. The van der Waals surface area contributed by atoms with Gasteiger partial charge in [-0.1, -0.05) is 30.3 Å². The molecule has 3 heterocycles. The quantitative estimate of drug-likeness (QED) is 0.100. The average molecular weight is 753 g/mol. The second-order valence-electron chi connectivity index (χ2n) is 13.8. The number of β-amino-alcohol motifs (C(OH)–C–C–N with tert-alkyl or cyclic N) is 1. The molecule has 0 aliphatic carbocycles. The van der Waals surface area contributed by atoms with Crippen molar-refractivity contribution in [3.05, 3.63) is 99.7 Å². The molecule has 0 saturated carbocycles. The van der Waals surface area contributed by atoms with Crippen molar-refractivity contribution in [1.29, 1.82) is 0 Å². The van der Waals surface area contributed by atoms with E-state index in [1.807, 2.05) is 6.07 Å². The molecule has 288 valence electrons. The van der Waals surface area contributed by atoms with E-state index >= 15 is 0 Å². The van der Waals surface area contributed by atoms with Crippen LogP contribution in [0.5, 0.6) is 11.5 Å². The topological polar surface area (TPSA) is 137 Å². The van der Waals surface area contributed by atoms with E-state index in [1.54, 1.807) is 59.2 Å². The van der Waals surface area contributed by atoms with E-state index in [-0.39, 0.29) is 65.7 Å². The number of piperidine rings is 2. The first-order valence-electron chi connectivity index (χ1n) is 17.9. The summed E-state index contributed by atoms with van der Waals surface area (Å²) in [5.74, 6) is 0.0523. The summed E-state index contributed by atoms with van der Waals surface area (Å²) in [5.41, 5.74) is -2.55. The highest BCUT2D eigenvalue weighted by molar-refractivity contribution is 5.95. The lowest BCUT2D eigenvalue weighted by atomic mass is 9.91. The van der Waals surface area contributed by atoms with Crippen molar-refractivity contribution < 1.29 is 47.0 Å². The first-order chi connectivity index (χ1) is 25.8. The van der Waals surface area contributed by atoms with E-state index in [4.69, 9.17) is 14.2 Å². The molecule has 2 aliphatic rings. The number of ether oxygens (including phenoxy) is 3. The third kappa shape index (κ3) is 8.16. The fraction of sp³-hybridized carbons (Fsp3) is 0.436. The van der Waals surface area contributed by atoms with Crippen LogP contribution in [0.2, 0.25) is 0 Å². The van der Waals surface area contributed by atoms with Crippen LogP contribution < -0.4 is 9.47 Å². The molecule has 3 aromatic carbocycles. The largest absolute Gasteiger partial charge is 0.493 e. The van der Waals surface area contributed by atoms with Crippen molar-refractivity contribution in [2.75, 3.05) is 46.4 Å². The van der Waals surface area contributed by atoms with E-state index < -0.39 is 23.2 Å². The number of non-ortho nitro benzene ring substituents is 1. The summed E-state index contributed by atoms with van der Waals surface area (Å²) in [5, 5.41) is 23.3. The van der Waals surface area contributed by atoms with E-state index in [0.717, 1.165) is 11.6 Å². The van der Waals surface area contributed by atoms with Gasteiger partial charge >= 0.3 is 12.1 Å². The first-order valence-corrected chi connectivity index (χ1v) is 17.9. The first kappa shape index (κ1) is 38.6. The average Bonchev–Trinajstić information content (AvgIpc) is 3.53. The van der Waals surface area contributed by atoms with Gasteiger partial charge in [-0.3, -0.25) is 24.6 Å². The predicted octanol–water partition coefficient (Wildman–Crippen LogP) is 6.32. The number of nitro groups is 1. The smallest absolute Gasteiger partial charge is 0.422 e. The molecule has 2 aliphatic heterocycles. The lowest BCUT2D eigenvalue weighted by Crippen LogP contribution is -2.53. The summed E-state index contributed by atoms with van der Waals surface area (Å²) in [6, 6.07) is 17.5. The second-order valence-corrected chi connectivity index (χ2v) is 13.8. The van der Waals surface area contributed by atoms with Crippen LogP contribution in [0.15, 0.2) is 72.9 Å². The number of carbonyl (C=O) groups excluding carboxylic acids is 2. The van der Waals surface area contributed by atoms with Gasteiger partial charge in [0, 0.05) is 74.1 Å². The Hall–Kier alpha value is -5.15. The number of halogens is 3. The van der Waals surface area contributed by atoms with Gasteiger partial charge in [0.25, 0.3) is 11.6 Å². The molecule has 12 nitrogen and oxygen atoms in total. The zero-order chi connectivity index (χ0) is 38.6. The number of aromatic nitrogens is 1. The molecule has 1 unspecified atom stereocenters. The molecule has 0 spiro atoms. The number of rotatable bonds is 12. The van der Waals surface area contributed by atoms with Gasteiger partial charge in [0.05, 0.1) is 30.1 Å². The van der Waals surface area contributed by atoms with Gasteiger partial charge in [0.1, 0.15) is 6.10 Å². The Bertz CT molecular complexity index is 1970. The molecule has 6 rings (SSSR count). The fourth-order valence-electron chi connectivity index (χ4n) is 7.31. The molecular formula is C39H43F3N4O8. The molecule has 1 amide bonds. The van der Waals surface area contributed by atoms with Crippen molar-refractivity contribution in [2.24, 2.45) is 5.92 Å². The highest BCUT2D eigenvalue weighted by Gasteiger charge is 2.57. The number of hydrogen-bond donors (Lipinski definition) is 1. The van der Waals surface area contributed by atoms with Crippen molar-refractivity contribution in [3.63, 3.8) is 0 Å². The van der Waals surface area contributed by atoms with Gasteiger partial charge in [0.2, 0.25) is 5.60 Å². The van der Waals surface area contributed by atoms with Crippen molar-refractivity contribution >= 4 is 28.5 Å². The van der Waals surface area contributed by atoms with Crippen LogP contribution in [0.3, 0.4) is 0 Å². The molecule has 0 radical (unpaired) electrons. The Morgan fingerprint density at radius 2 is 1.65 bits per heavy atom. The Morgan fingerprint density at radius 3 is 2.28 bits per heavy atom. The van der Waals surface area contributed by atoms with Crippen molar-refractivity contribution in [2.45, 2.75) is 57.0 Å². The van der Waals surface area contributed by atoms with Crippen LogP contribution in [-0.2, 0) is 21.7 Å². The third-order valence-electron chi connectivity index (χ3n) is 10.3. The number of aliphatic hydroxyl groups is 1. The van der Waals surface area contributed by atoms with Crippen LogP contribution in [0, 0.1) is 16.0 Å². The minimum atomic E-state index is -5.07. The summed E-state index contributed by atoms with van der Waals surface area (Å²) in [6.07, 6.45) is -2.45. The number of hydrogen-bond acceptors (Lipinski definition) is 9. The lowest BCUT2D eigenvalue weighted by molar-refractivity contribution is -0.384. The highest BCUT2D eigenvalue weighted by atomic mass is 19.4. The van der Waals surface area contributed by atoms with Gasteiger partial charge < -0.3 is 28.8 Å². The highest BCUT2D eigenvalue weighted by Crippen LogP contribution is 2.44. The Morgan fingerprint density at radius 1 is 0.944 bits per heavy atom. The molecule has 1 N–H and O–H groups in total. The lowest BCUT2D eigenvalue weighted by Gasteiger charge is -2.39. The number of carbonyl (C=O) groups is 2. The van der Waals surface area contributed by atoms with Crippen LogP contribution in [-0.4, -0.2) is 95.0 Å². The third-order valence-corrected chi connectivity index (χ3v) is 10.3. The van der Waals surface area contributed by atoms with E-state index in [2.05, 4.69) is 0 Å². The van der Waals surface area contributed by atoms with Gasteiger partial charge in [-0.05, 0) is 62.4 Å². The molecule has 54 heavy (non-hydrogen) atoms. The zero-order valence-corrected chi connectivity index (χ0v) is 30.1. The number of esters is 1. The number of methoxy groups -OCH3 is 1. The molecular weight excluding hydrogens is 709 g/mol. The maximum atomic E-state index is 15.0. The number of fused-ring (bicyclic) bond motifs is 1. The van der Waals surface area contributed by atoms with Crippen LogP contribution in [0.25, 0.3) is 10.9 Å². The van der Waals surface area contributed by atoms with Crippen molar-refractivity contribution in [1.82, 2.24) is 14.4 Å². The van der Waals surface area contributed by atoms with Crippen LogP contribution >= 0.6 is 0 Å². The molecule has 0 bridgehead atoms. The van der Waals surface area contributed by atoms with Crippen molar-refractivity contribution in [3.8, 4) is 11.5 Å². The summed E-state index contributed by atoms with van der Waals surface area (Å²) >= 11 is 0. The predicted molar refractivity (Wildman–Crippen MR) is 192 cm³/mol. The fourth-order valence-corrected chi connectivity index (χ4v) is 7.31. The number of alkyl halides is 3.